The third kappa shape index (κ3) is 4.36. The molecule has 1 N–H and O–H groups in total. The second kappa shape index (κ2) is 7.50. The van der Waals surface area contributed by atoms with Crippen molar-refractivity contribution in [1.82, 2.24) is 0 Å². The second-order valence-electron chi connectivity index (χ2n) is 4.57. The van der Waals surface area contributed by atoms with Crippen molar-refractivity contribution < 1.29 is 24.1 Å². The quantitative estimate of drug-likeness (QED) is 0.663. The Morgan fingerprint density at radius 2 is 2.10 bits per heavy atom. The van der Waals surface area contributed by atoms with Crippen molar-refractivity contribution in [2.24, 2.45) is 0 Å². The number of para-hydroxylation sites is 2. The number of benzene rings is 1. The Labute approximate surface area is 123 Å². The van der Waals surface area contributed by atoms with Crippen LogP contribution < -0.4 is 4.74 Å². The molecule has 0 atom stereocenters. The maximum Gasteiger partial charge on any atom is 0.519 e. The molecule has 0 saturated carbocycles. The Bertz CT molecular complexity index is 560. The molecule has 0 radical (unpaired) electrons. The normalized spacial score (nSPS) is 14.1. The number of allylic oxidation sites excluding steroid dienone is 2. The van der Waals surface area contributed by atoms with Gasteiger partial charge in [-0.1, -0.05) is 18.2 Å². The van der Waals surface area contributed by atoms with Gasteiger partial charge in [0.05, 0.1) is 6.61 Å². The molecule has 0 aromatic heterocycles. The predicted octanol–water partition coefficient (Wildman–Crippen LogP) is 3.55. The topological polar surface area (TPSA) is 65.0 Å². The monoisotopic (exact) mass is 290 g/mol. The maximum absolute atomic E-state index is 11.8. The van der Waals surface area contributed by atoms with Gasteiger partial charge in [0.1, 0.15) is 5.76 Å². The minimum Gasteiger partial charge on any atom is -0.504 e. The van der Waals surface area contributed by atoms with Crippen molar-refractivity contribution in [2.45, 2.75) is 19.3 Å². The number of aromatic hydroxyl groups is 1. The lowest BCUT2D eigenvalue weighted by Gasteiger charge is -2.15. The summed E-state index contributed by atoms with van der Waals surface area (Å²) in [5, 5.41) is 9.56. The molecule has 5 nitrogen and oxygen atoms in total. The number of carbonyl (C=O) groups is 1. The van der Waals surface area contributed by atoms with Crippen molar-refractivity contribution in [1.29, 1.82) is 0 Å². The fourth-order valence-corrected chi connectivity index (χ4v) is 2.01. The lowest BCUT2D eigenvalue weighted by molar-refractivity contribution is 0.126. The van der Waals surface area contributed by atoms with E-state index < -0.39 is 6.16 Å². The van der Waals surface area contributed by atoms with E-state index in [1.165, 1.54) is 12.1 Å². The van der Waals surface area contributed by atoms with Crippen LogP contribution in [0.15, 0.2) is 47.7 Å². The largest absolute Gasteiger partial charge is 0.519 e. The van der Waals surface area contributed by atoms with Crippen LogP contribution in [0.3, 0.4) is 0 Å². The van der Waals surface area contributed by atoms with E-state index in [4.69, 9.17) is 14.2 Å². The van der Waals surface area contributed by atoms with E-state index in [-0.39, 0.29) is 11.5 Å². The van der Waals surface area contributed by atoms with Gasteiger partial charge in [0, 0.05) is 7.11 Å². The fourth-order valence-electron chi connectivity index (χ4n) is 2.01. The predicted molar refractivity (Wildman–Crippen MR) is 77.1 cm³/mol. The standard InChI is InChI=1S/C16H18O5/c1-19-11-10-12-6-2-4-8-14(12)20-16(18)21-15-9-5-3-7-13(15)17/h3-5,7-9,17H,2,6,10-11H2,1H3. The van der Waals surface area contributed by atoms with Crippen molar-refractivity contribution in [3.05, 3.63) is 47.7 Å². The van der Waals surface area contributed by atoms with E-state index >= 15 is 0 Å². The van der Waals surface area contributed by atoms with Gasteiger partial charge in [-0.2, -0.15) is 0 Å². The smallest absolute Gasteiger partial charge is 0.504 e. The summed E-state index contributed by atoms with van der Waals surface area (Å²) in [5.74, 6) is 0.460. The highest BCUT2D eigenvalue weighted by Gasteiger charge is 2.16. The SMILES string of the molecule is COCCC1=C(OC(=O)Oc2ccccc2O)C=CCC1. The average molecular weight is 290 g/mol. The molecule has 0 aliphatic heterocycles. The molecule has 112 valence electrons. The van der Waals surface area contributed by atoms with Gasteiger partial charge in [0.25, 0.3) is 0 Å². The highest BCUT2D eigenvalue weighted by molar-refractivity contribution is 5.67. The van der Waals surface area contributed by atoms with E-state index in [2.05, 4.69) is 0 Å². The van der Waals surface area contributed by atoms with Gasteiger partial charge in [-0.3, -0.25) is 0 Å². The third-order valence-electron chi connectivity index (χ3n) is 3.09. The molecule has 1 aromatic rings. The minimum absolute atomic E-state index is 0.0707. The Kier molecular flexibility index (Phi) is 5.40. The molecular weight excluding hydrogens is 272 g/mol. The van der Waals surface area contributed by atoms with Crippen LogP contribution in [0.1, 0.15) is 19.3 Å². The molecule has 1 aliphatic carbocycles. The van der Waals surface area contributed by atoms with Gasteiger partial charge >= 0.3 is 6.16 Å². The molecule has 5 heteroatoms. The Balaban J connectivity index is 2.02. The number of ether oxygens (including phenoxy) is 3. The summed E-state index contributed by atoms with van der Waals surface area (Å²) in [4.78, 5) is 11.8. The first-order chi connectivity index (χ1) is 10.2. The van der Waals surface area contributed by atoms with Crippen LogP contribution in [0.4, 0.5) is 4.79 Å². The molecule has 0 spiro atoms. The zero-order valence-electron chi connectivity index (χ0n) is 11.9. The zero-order valence-corrected chi connectivity index (χ0v) is 11.9. The van der Waals surface area contributed by atoms with Crippen LogP contribution in [0.5, 0.6) is 11.5 Å². The summed E-state index contributed by atoms with van der Waals surface area (Å²) in [6, 6.07) is 6.23. The van der Waals surface area contributed by atoms with Gasteiger partial charge < -0.3 is 19.3 Å². The van der Waals surface area contributed by atoms with Gasteiger partial charge in [-0.05, 0) is 43.0 Å². The number of hydrogen-bond donors (Lipinski definition) is 1. The number of phenolic OH excluding ortho intramolecular Hbond substituents is 1. The molecule has 1 aliphatic rings. The molecule has 0 fully saturated rings. The number of rotatable bonds is 5. The van der Waals surface area contributed by atoms with E-state index in [9.17, 15) is 9.90 Å². The Hall–Kier alpha value is -2.27. The zero-order chi connectivity index (χ0) is 15.1. The fraction of sp³-hybridized carbons (Fsp3) is 0.312. The summed E-state index contributed by atoms with van der Waals surface area (Å²) in [7, 11) is 1.63. The first kappa shape index (κ1) is 15.1. The summed E-state index contributed by atoms with van der Waals surface area (Å²) >= 11 is 0. The Morgan fingerprint density at radius 3 is 2.86 bits per heavy atom. The van der Waals surface area contributed by atoms with E-state index in [1.54, 1.807) is 25.3 Å². The van der Waals surface area contributed by atoms with Crippen molar-refractivity contribution in [3.8, 4) is 11.5 Å². The second-order valence-corrected chi connectivity index (χ2v) is 4.57. The van der Waals surface area contributed by atoms with E-state index in [0.29, 0.717) is 18.8 Å². The van der Waals surface area contributed by atoms with Crippen LogP contribution in [-0.2, 0) is 9.47 Å². The van der Waals surface area contributed by atoms with Crippen LogP contribution >= 0.6 is 0 Å². The molecule has 0 bridgehead atoms. The molecule has 2 rings (SSSR count). The lowest BCUT2D eigenvalue weighted by atomic mass is 10.0. The lowest BCUT2D eigenvalue weighted by Crippen LogP contribution is -2.12. The van der Waals surface area contributed by atoms with E-state index in [0.717, 1.165) is 18.4 Å². The molecule has 0 heterocycles. The van der Waals surface area contributed by atoms with Gasteiger partial charge in [0.2, 0.25) is 0 Å². The number of hydrogen-bond acceptors (Lipinski definition) is 5. The molecule has 0 saturated heterocycles. The van der Waals surface area contributed by atoms with Crippen molar-refractivity contribution in [3.63, 3.8) is 0 Å². The summed E-state index contributed by atoms with van der Waals surface area (Å²) in [6.07, 6.45) is 5.30. The molecule has 0 unspecified atom stereocenters. The van der Waals surface area contributed by atoms with Crippen LogP contribution in [-0.4, -0.2) is 25.0 Å². The van der Waals surface area contributed by atoms with Gasteiger partial charge in [-0.25, -0.2) is 4.79 Å². The average Bonchev–Trinajstić information content (AvgIpc) is 2.49. The van der Waals surface area contributed by atoms with Crippen LogP contribution in [0, 0.1) is 0 Å². The number of phenols is 1. The van der Waals surface area contributed by atoms with Crippen molar-refractivity contribution >= 4 is 6.16 Å². The Morgan fingerprint density at radius 1 is 1.29 bits per heavy atom. The highest BCUT2D eigenvalue weighted by atomic mass is 16.7. The summed E-state index contributed by atoms with van der Waals surface area (Å²) in [5.41, 5.74) is 1.02. The molecule has 21 heavy (non-hydrogen) atoms. The number of methoxy groups -OCH3 is 1. The van der Waals surface area contributed by atoms with E-state index in [1.807, 2.05) is 6.08 Å². The van der Waals surface area contributed by atoms with Gasteiger partial charge in [0.15, 0.2) is 11.5 Å². The molecule has 0 amide bonds. The maximum atomic E-state index is 11.8. The minimum atomic E-state index is -0.868. The third-order valence-corrected chi connectivity index (χ3v) is 3.09. The van der Waals surface area contributed by atoms with Crippen LogP contribution in [0.25, 0.3) is 0 Å². The van der Waals surface area contributed by atoms with Crippen LogP contribution in [0.2, 0.25) is 0 Å². The van der Waals surface area contributed by atoms with Gasteiger partial charge in [-0.15, -0.1) is 0 Å². The molecular formula is C16H18O5. The van der Waals surface area contributed by atoms with Crippen molar-refractivity contribution in [2.75, 3.05) is 13.7 Å². The molecule has 1 aromatic carbocycles. The first-order valence-corrected chi connectivity index (χ1v) is 6.76. The summed E-state index contributed by atoms with van der Waals surface area (Å²) in [6.45, 7) is 0.574. The first-order valence-electron chi connectivity index (χ1n) is 6.76. The highest BCUT2D eigenvalue weighted by Crippen LogP contribution is 2.27. The summed E-state index contributed by atoms with van der Waals surface area (Å²) < 4.78 is 15.3. The number of carbonyl (C=O) groups excluding carboxylic acids is 1.